The van der Waals surface area contributed by atoms with Crippen molar-refractivity contribution in [1.82, 2.24) is 4.68 Å². The van der Waals surface area contributed by atoms with Gasteiger partial charge in [0.05, 0.1) is 18.5 Å². The molecule has 144 valence electrons. The summed E-state index contributed by atoms with van der Waals surface area (Å²) in [5, 5.41) is 28.7. The summed E-state index contributed by atoms with van der Waals surface area (Å²) >= 11 is 1.48. The third kappa shape index (κ3) is 3.70. The molecule has 0 saturated heterocycles. The third-order valence-corrected chi connectivity index (χ3v) is 5.32. The van der Waals surface area contributed by atoms with Crippen LogP contribution in [0.1, 0.15) is 5.56 Å². The number of hydrogen-bond donors (Lipinski definition) is 2. The van der Waals surface area contributed by atoms with E-state index in [0.717, 1.165) is 22.0 Å². The van der Waals surface area contributed by atoms with E-state index in [2.05, 4.69) is 40.9 Å². The second kappa shape index (κ2) is 8.16. The first-order chi connectivity index (χ1) is 14.2. The van der Waals surface area contributed by atoms with Gasteiger partial charge in [-0.2, -0.15) is 5.10 Å². The van der Waals surface area contributed by atoms with Crippen molar-refractivity contribution in [3.05, 3.63) is 89.1 Å². The molecule has 5 nitrogen and oxygen atoms in total. The lowest BCUT2D eigenvalue weighted by Gasteiger charge is -2.08. The van der Waals surface area contributed by atoms with E-state index in [1.54, 1.807) is 22.9 Å². The number of para-hydroxylation sites is 1. The van der Waals surface area contributed by atoms with Crippen LogP contribution in [0, 0.1) is 0 Å². The number of aromatic nitrogens is 1. The first kappa shape index (κ1) is 18.7. The van der Waals surface area contributed by atoms with Gasteiger partial charge in [0.2, 0.25) is 4.80 Å². The first-order valence-electron chi connectivity index (χ1n) is 9.04. The van der Waals surface area contributed by atoms with E-state index < -0.39 is 0 Å². The van der Waals surface area contributed by atoms with Gasteiger partial charge in [-0.25, -0.2) is 4.68 Å². The number of nitrogens with zero attached hydrogens (tertiary/aromatic N) is 3. The normalized spacial score (nSPS) is 12.1. The highest BCUT2D eigenvalue weighted by Gasteiger charge is 2.11. The molecule has 0 aliphatic rings. The van der Waals surface area contributed by atoms with Crippen molar-refractivity contribution in [2.24, 2.45) is 10.1 Å². The molecule has 6 heteroatoms. The van der Waals surface area contributed by atoms with E-state index in [-0.39, 0.29) is 11.5 Å². The molecule has 0 amide bonds. The Labute approximate surface area is 171 Å². The van der Waals surface area contributed by atoms with E-state index in [1.165, 1.54) is 23.6 Å². The highest BCUT2D eigenvalue weighted by molar-refractivity contribution is 7.07. The minimum atomic E-state index is -0.205. The maximum atomic E-state index is 10.1. The zero-order valence-electron chi connectivity index (χ0n) is 15.6. The van der Waals surface area contributed by atoms with Gasteiger partial charge in [0.1, 0.15) is 0 Å². The summed E-state index contributed by atoms with van der Waals surface area (Å²) < 4.78 is 1.75. The summed E-state index contributed by atoms with van der Waals surface area (Å²) in [7, 11) is 0. The molecule has 0 saturated carbocycles. The Morgan fingerprint density at radius 1 is 1.00 bits per heavy atom. The number of phenols is 2. The molecule has 3 aromatic carbocycles. The third-order valence-electron chi connectivity index (χ3n) is 4.46. The molecule has 0 bridgehead atoms. The van der Waals surface area contributed by atoms with Crippen LogP contribution in [-0.2, 0) is 0 Å². The molecule has 4 aromatic rings. The van der Waals surface area contributed by atoms with E-state index in [0.29, 0.717) is 16.9 Å². The van der Waals surface area contributed by atoms with Crippen LogP contribution in [0.5, 0.6) is 11.5 Å². The maximum absolute atomic E-state index is 10.1. The Kier molecular flexibility index (Phi) is 5.27. The zero-order chi connectivity index (χ0) is 20.2. The van der Waals surface area contributed by atoms with Crippen LogP contribution in [0.2, 0.25) is 0 Å². The summed E-state index contributed by atoms with van der Waals surface area (Å²) in [5.74, 6) is -0.390. The second-order valence-electron chi connectivity index (χ2n) is 6.33. The topological polar surface area (TPSA) is 70.1 Å². The Hall–Kier alpha value is -3.64. The second-order valence-corrected chi connectivity index (χ2v) is 7.17. The number of fused-ring (bicyclic) bond motifs is 1. The quantitative estimate of drug-likeness (QED) is 0.288. The van der Waals surface area contributed by atoms with Crippen LogP contribution in [0.4, 0.5) is 0 Å². The summed E-state index contributed by atoms with van der Waals surface area (Å²) in [6.45, 7) is 4.20. The molecule has 2 N–H and O–H groups in total. The summed E-state index contributed by atoms with van der Waals surface area (Å²) in [6, 6.07) is 19.1. The van der Waals surface area contributed by atoms with Crippen molar-refractivity contribution in [1.29, 1.82) is 0 Å². The molecule has 0 aliphatic heterocycles. The summed E-state index contributed by atoms with van der Waals surface area (Å²) in [5.41, 5.74) is 2.35. The smallest absolute Gasteiger partial charge is 0.206 e. The van der Waals surface area contributed by atoms with E-state index in [1.807, 2.05) is 23.6 Å². The SMILES string of the molecule is C=CCN=c1scc(-c2cccc3ccccc23)n1N=Cc1cccc(O)c1O. The van der Waals surface area contributed by atoms with Crippen LogP contribution in [0.15, 0.2) is 88.8 Å². The van der Waals surface area contributed by atoms with Gasteiger partial charge in [0.25, 0.3) is 0 Å². The van der Waals surface area contributed by atoms with Gasteiger partial charge >= 0.3 is 0 Å². The van der Waals surface area contributed by atoms with Gasteiger partial charge in [-0.1, -0.05) is 54.6 Å². The van der Waals surface area contributed by atoms with Gasteiger partial charge in [0, 0.05) is 16.5 Å². The zero-order valence-corrected chi connectivity index (χ0v) is 16.4. The van der Waals surface area contributed by atoms with Crippen LogP contribution >= 0.6 is 11.3 Å². The van der Waals surface area contributed by atoms with Gasteiger partial charge in [0.15, 0.2) is 11.5 Å². The van der Waals surface area contributed by atoms with Crippen molar-refractivity contribution in [3.63, 3.8) is 0 Å². The standard InChI is InChI=1S/C23H19N3O2S/c1-2-13-24-23-26(25-14-17-9-6-12-21(27)22(17)28)20(15-29-23)19-11-5-8-16-7-3-4-10-18(16)19/h2-12,14-15,27-28H,1,13H2. The van der Waals surface area contributed by atoms with Crippen molar-refractivity contribution < 1.29 is 10.2 Å². The molecule has 0 spiro atoms. The van der Waals surface area contributed by atoms with Gasteiger partial charge in [-0.15, -0.1) is 17.9 Å². The van der Waals surface area contributed by atoms with E-state index in [9.17, 15) is 10.2 Å². The number of aromatic hydroxyl groups is 2. The van der Waals surface area contributed by atoms with E-state index in [4.69, 9.17) is 0 Å². The Morgan fingerprint density at radius 3 is 2.66 bits per heavy atom. The largest absolute Gasteiger partial charge is 0.504 e. The Balaban J connectivity index is 1.90. The maximum Gasteiger partial charge on any atom is 0.206 e. The average molecular weight is 401 g/mol. The van der Waals surface area contributed by atoms with Gasteiger partial charge in [-0.3, -0.25) is 4.99 Å². The lowest BCUT2D eigenvalue weighted by molar-refractivity contribution is 0.403. The van der Waals surface area contributed by atoms with Gasteiger partial charge in [-0.05, 0) is 22.9 Å². The summed E-state index contributed by atoms with van der Waals surface area (Å²) in [4.78, 5) is 5.25. The molecular weight excluding hydrogens is 382 g/mol. The number of thiazole rings is 1. The molecule has 1 heterocycles. The number of phenolic OH excluding ortho intramolecular Hbond substituents is 2. The number of rotatable bonds is 5. The molecule has 0 fully saturated rings. The molecular formula is C23H19N3O2S. The predicted molar refractivity (Wildman–Crippen MR) is 119 cm³/mol. The number of benzene rings is 3. The molecule has 0 unspecified atom stereocenters. The van der Waals surface area contributed by atoms with Crippen molar-refractivity contribution in [2.45, 2.75) is 0 Å². The average Bonchev–Trinajstić information content (AvgIpc) is 3.15. The van der Waals surface area contributed by atoms with Crippen molar-refractivity contribution >= 4 is 28.3 Å². The minimum Gasteiger partial charge on any atom is -0.504 e. The van der Waals surface area contributed by atoms with Crippen molar-refractivity contribution in [2.75, 3.05) is 6.54 Å². The lowest BCUT2D eigenvalue weighted by atomic mass is 10.0. The molecule has 4 rings (SSSR count). The predicted octanol–water partition coefficient (Wildman–Crippen LogP) is 4.75. The highest BCUT2D eigenvalue weighted by Crippen LogP contribution is 2.30. The first-order valence-corrected chi connectivity index (χ1v) is 9.92. The Morgan fingerprint density at radius 2 is 1.79 bits per heavy atom. The molecule has 0 aliphatic carbocycles. The fourth-order valence-corrected chi connectivity index (χ4v) is 3.91. The van der Waals surface area contributed by atoms with E-state index >= 15 is 0 Å². The van der Waals surface area contributed by atoms with Crippen LogP contribution in [0.3, 0.4) is 0 Å². The molecule has 0 atom stereocenters. The molecule has 0 radical (unpaired) electrons. The fraction of sp³-hybridized carbons (Fsp3) is 0.0435. The molecule has 29 heavy (non-hydrogen) atoms. The highest BCUT2D eigenvalue weighted by atomic mass is 32.1. The lowest BCUT2D eigenvalue weighted by Crippen LogP contribution is -2.12. The minimum absolute atomic E-state index is 0.185. The van der Waals surface area contributed by atoms with Gasteiger partial charge < -0.3 is 10.2 Å². The molecule has 1 aromatic heterocycles. The number of hydrogen-bond acceptors (Lipinski definition) is 5. The van der Waals surface area contributed by atoms with Crippen LogP contribution < -0.4 is 4.80 Å². The Bertz CT molecular complexity index is 1280. The van der Waals surface area contributed by atoms with Crippen LogP contribution in [-0.4, -0.2) is 27.6 Å². The fourth-order valence-electron chi connectivity index (χ4n) is 3.07. The van der Waals surface area contributed by atoms with Crippen molar-refractivity contribution in [3.8, 4) is 22.8 Å². The summed E-state index contributed by atoms with van der Waals surface area (Å²) in [6.07, 6.45) is 3.25. The van der Waals surface area contributed by atoms with Crippen LogP contribution in [0.25, 0.3) is 22.0 Å². The monoisotopic (exact) mass is 401 g/mol.